The number of aliphatic hydroxyl groups is 1. The van der Waals surface area contributed by atoms with Crippen LogP contribution >= 0.6 is 0 Å². The first-order valence-electron chi connectivity index (χ1n) is 11.8. The van der Waals surface area contributed by atoms with Crippen molar-refractivity contribution in [1.29, 1.82) is 0 Å². The van der Waals surface area contributed by atoms with E-state index in [1.165, 1.54) is 38.6 Å². The maximum Gasteiger partial charge on any atom is 0.416 e. The fraction of sp³-hybridized carbons (Fsp3) is 0.346. The zero-order valence-corrected chi connectivity index (χ0v) is 21.1. The number of nitrogens with zero attached hydrogens (tertiary/aromatic N) is 4. The summed E-state index contributed by atoms with van der Waals surface area (Å²) in [6.07, 6.45) is -2.32. The molecule has 1 unspecified atom stereocenters. The van der Waals surface area contributed by atoms with Crippen LogP contribution in [0.25, 0.3) is 11.1 Å². The van der Waals surface area contributed by atoms with Gasteiger partial charge in [0.1, 0.15) is 23.0 Å². The van der Waals surface area contributed by atoms with Crippen LogP contribution in [0.5, 0.6) is 11.5 Å². The summed E-state index contributed by atoms with van der Waals surface area (Å²) in [6.45, 7) is 2.64. The van der Waals surface area contributed by atoms with Gasteiger partial charge >= 0.3 is 6.18 Å². The van der Waals surface area contributed by atoms with Crippen LogP contribution in [0.15, 0.2) is 48.8 Å². The van der Waals surface area contributed by atoms with E-state index in [1.807, 2.05) is 4.90 Å². The maximum absolute atomic E-state index is 13.5. The van der Waals surface area contributed by atoms with Crippen molar-refractivity contribution in [2.75, 3.05) is 44.5 Å². The number of nitrogens with two attached hydrogens (primary N) is 1. The molecule has 2 atom stereocenters. The van der Waals surface area contributed by atoms with E-state index in [1.54, 1.807) is 24.1 Å². The van der Waals surface area contributed by atoms with Gasteiger partial charge in [-0.15, -0.1) is 0 Å². The maximum atomic E-state index is 13.5. The van der Waals surface area contributed by atoms with E-state index in [9.17, 15) is 23.1 Å². The van der Waals surface area contributed by atoms with Crippen LogP contribution in [0.3, 0.4) is 0 Å². The Morgan fingerprint density at radius 2 is 1.76 bits per heavy atom. The molecule has 1 fully saturated rings. The minimum atomic E-state index is -4.45. The summed E-state index contributed by atoms with van der Waals surface area (Å²) in [4.78, 5) is 25.4. The van der Waals surface area contributed by atoms with Crippen molar-refractivity contribution in [2.24, 2.45) is 0 Å². The Balaban J connectivity index is 1.58. The molecule has 1 aliphatic rings. The van der Waals surface area contributed by atoms with Crippen molar-refractivity contribution in [3.8, 4) is 22.6 Å². The number of halogens is 3. The molecule has 0 bridgehead atoms. The third-order valence-electron chi connectivity index (χ3n) is 6.49. The highest BCUT2D eigenvalue weighted by atomic mass is 19.4. The number of aromatic nitrogens is 2. The molecular weight excluding hydrogens is 503 g/mol. The van der Waals surface area contributed by atoms with Crippen LogP contribution in [0.2, 0.25) is 0 Å². The number of piperazine rings is 1. The molecule has 1 saturated heterocycles. The van der Waals surface area contributed by atoms with E-state index >= 15 is 0 Å². The van der Waals surface area contributed by atoms with Gasteiger partial charge in [0.2, 0.25) is 0 Å². The Morgan fingerprint density at radius 1 is 1.08 bits per heavy atom. The first kappa shape index (κ1) is 27.0. The second-order valence-corrected chi connectivity index (χ2v) is 8.88. The zero-order chi connectivity index (χ0) is 27.6. The Hall–Kier alpha value is -4.06. The molecular formula is C26H28F3N5O4. The third-order valence-corrected chi connectivity index (χ3v) is 6.49. The van der Waals surface area contributed by atoms with Gasteiger partial charge in [0.25, 0.3) is 5.91 Å². The largest absolute Gasteiger partial charge is 0.496 e. The Kier molecular flexibility index (Phi) is 7.63. The number of pyridine rings is 2. The summed E-state index contributed by atoms with van der Waals surface area (Å²) in [5, 5.41) is 10.5. The summed E-state index contributed by atoms with van der Waals surface area (Å²) in [6, 6.07) is 7.10. The molecule has 0 aliphatic carbocycles. The number of alkyl halides is 3. The quantitative estimate of drug-likeness (QED) is 0.497. The van der Waals surface area contributed by atoms with E-state index in [0.29, 0.717) is 41.5 Å². The number of benzene rings is 1. The molecule has 3 N–H and O–H groups in total. The summed E-state index contributed by atoms with van der Waals surface area (Å²) in [5.41, 5.74) is 6.68. The monoisotopic (exact) mass is 531 g/mol. The number of anilines is 2. The average Bonchev–Trinajstić information content (AvgIpc) is 2.91. The molecule has 202 valence electrons. The molecule has 12 heteroatoms. The molecule has 38 heavy (non-hydrogen) atoms. The van der Waals surface area contributed by atoms with Crippen LogP contribution in [-0.4, -0.2) is 71.9 Å². The number of aliphatic hydroxyl groups excluding tert-OH is 1. The molecule has 0 spiro atoms. The second-order valence-electron chi connectivity index (χ2n) is 8.88. The number of hydrogen-bond donors (Lipinski definition) is 2. The minimum Gasteiger partial charge on any atom is -0.496 e. The zero-order valence-electron chi connectivity index (χ0n) is 21.1. The van der Waals surface area contributed by atoms with Crippen molar-refractivity contribution in [3.05, 3.63) is 60.0 Å². The van der Waals surface area contributed by atoms with Crippen molar-refractivity contribution in [1.82, 2.24) is 14.9 Å². The van der Waals surface area contributed by atoms with Gasteiger partial charge in [-0.2, -0.15) is 13.2 Å². The highest BCUT2D eigenvalue weighted by Crippen LogP contribution is 2.35. The van der Waals surface area contributed by atoms with E-state index in [4.69, 9.17) is 15.2 Å². The molecule has 4 rings (SSSR count). The van der Waals surface area contributed by atoms with Crippen molar-refractivity contribution >= 4 is 17.4 Å². The predicted molar refractivity (Wildman–Crippen MR) is 135 cm³/mol. The summed E-state index contributed by atoms with van der Waals surface area (Å²) < 4.78 is 49.7. The van der Waals surface area contributed by atoms with Crippen LogP contribution in [0, 0.1) is 0 Å². The summed E-state index contributed by atoms with van der Waals surface area (Å²) >= 11 is 0. The molecule has 9 nitrogen and oxygen atoms in total. The number of nitrogen functional groups attached to an aromatic ring is 1. The van der Waals surface area contributed by atoms with E-state index in [0.717, 1.165) is 12.1 Å². The lowest BCUT2D eigenvalue weighted by Crippen LogP contribution is -2.59. The van der Waals surface area contributed by atoms with Crippen molar-refractivity contribution in [2.45, 2.75) is 25.2 Å². The van der Waals surface area contributed by atoms with Crippen molar-refractivity contribution in [3.63, 3.8) is 0 Å². The fourth-order valence-electron chi connectivity index (χ4n) is 4.47. The Morgan fingerprint density at radius 3 is 2.37 bits per heavy atom. The number of amides is 1. The van der Waals surface area contributed by atoms with E-state index < -0.39 is 29.8 Å². The van der Waals surface area contributed by atoms with Gasteiger partial charge < -0.3 is 30.1 Å². The highest BCUT2D eigenvalue weighted by molar-refractivity contribution is 5.94. The van der Waals surface area contributed by atoms with E-state index in [2.05, 4.69) is 9.97 Å². The van der Waals surface area contributed by atoms with Crippen LogP contribution in [-0.2, 0) is 6.18 Å². The molecule has 1 aromatic carbocycles. The first-order valence-corrected chi connectivity index (χ1v) is 11.8. The Labute approximate surface area is 217 Å². The molecule has 3 heterocycles. The lowest BCUT2D eigenvalue weighted by molar-refractivity contribution is -0.137. The topological polar surface area (TPSA) is 114 Å². The lowest BCUT2D eigenvalue weighted by Gasteiger charge is -2.43. The molecule has 3 aromatic rings. The first-order chi connectivity index (χ1) is 18.0. The Bertz CT molecular complexity index is 1300. The van der Waals surface area contributed by atoms with Gasteiger partial charge in [-0.1, -0.05) is 12.1 Å². The molecule has 0 saturated carbocycles. The summed E-state index contributed by atoms with van der Waals surface area (Å²) in [7, 11) is 2.93. The van der Waals surface area contributed by atoms with E-state index in [-0.39, 0.29) is 18.0 Å². The standard InChI is InChI=1S/C26H28F3N5O4/c1-15(35)21-14-33(20-13-32-24(30)11-23(20)38-3)8-9-34(21)25(36)19-10-22(37-2)18(12-31-19)16-4-6-17(7-5-16)26(27,28)29/h4-7,10-13,15,21,35H,8-9,14H2,1-3H3,(H2,30,32)/t15-,21?/m0/s1. The lowest BCUT2D eigenvalue weighted by atomic mass is 10.0. The molecule has 1 aliphatic heterocycles. The van der Waals surface area contributed by atoms with Gasteiger partial charge in [-0.05, 0) is 24.6 Å². The normalized spacial score (nSPS) is 16.8. The molecule has 1 amide bonds. The highest BCUT2D eigenvalue weighted by Gasteiger charge is 2.36. The number of carbonyl (C=O) groups excluding carboxylic acids is 1. The van der Waals surface area contributed by atoms with Gasteiger partial charge in [0.05, 0.1) is 43.8 Å². The number of carbonyl (C=O) groups is 1. The van der Waals surface area contributed by atoms with Crippen LogP contribution in [0.4, 0.5) is 24.7 Å². The fourth-order valence-corrected chi connectivity index (χ4v) is 4.47. The van der Waals surface area contributed by atoms with Crippen LogP contribution in [0.1, 0.15) is 23.0 Å². The number of hydrogen-bond acceptors (Lipinski definition) is 8. The second kappa shape index (κ2) is 10.7. The number of methoxy groups -OCH3 is 2. The summed E-state index contributed by atoms with van der Waals surface area (Å²) in [5.74, 6) is 0.723. The average molecular weight is 532 g/mol. The minimum absolute atomic E-state index is 0.0864. The smallest absolute Gasteiger partial charge is 0.416 e. The number of rotatable bonds is 6. The molecule has 0 radical (unpaired) electrons. The van der Waals surface area contributed by atoms with Gasteiger partial charge in [0.15, 0.2) is 0 Å². The van der Waals surface area contributed by atoms with Crippen LogP contribution < -0.4 is 20.1 Å². The van der Waals surface area contributed by atoms with Gasteiger partial charge in [-0.25, -0.2) is 4.98 Å². The van der Waals surface area contributed by atoms with Crippen molar-refractivity contribution < 1.29 is 32.5 Å². The number of ether oxygens (including phenoxy) is 2. The third kappa shape index (κ3) is 5.44. The van der Waals surface area contributed by atoms with Gasteiger partial charge in [0, 0.05) is 43.5 Å². The SMILES string of the molecule is COc1cc(C(=O)N2CCN(c3cnc(N)cc3OC)CC2[C@H](C)O)ncc1-c1ccc(C(F)(F)F)cc1. The molecule has 2 aromatic heterocycles. The predicted octanol–water partition coefficient (Wildman–Crippen LogP) is 3.47. The van der Waals surface area contributed by atoms with Gasteiger partial charge in [-0.3, -0.25) is 9.78 Å².